The normalized spacial score (nSPS) is 13.2. The number of carbonyl (C=O) groups excluding carboxylic acids is 2. The van der Waals surface area contributed by atoms with Crippen molar-refractivity contribution in [1.82, 2.24) is 5.32 Å². The van der Waals surface area contributed by atoms with E-state index in [0.29, 0.717) is 6.42 Å². The van der Waals surface area contributed by atoms with Crippen molar-refractivity contribution in [2.75, 3.05) is 26.4 Å². The van der Waals surface area contributed by atoms with Crippen molar-refractivity contribution >= 4 is 19.7 Å². The molecule has 0 aromatic carbocycles. The lowest BCUT2D eigenvalue weighted by atomic mass is 10.0. The average molecular weight is 872 g/mol. The number of phosphoric acid groups is 1. The van der Waals surface area contributed by atoms with Crippen LogP contribution < -0.4 is 5.32 Å². The first kappa shape index (κ1) is 58.8. The zero-order valence-corrected chi connectivity index (χ0v) is 40.3. The molecule has 0 bridgehead atoms. The summed E-state index contributed by atoms with van der Waals surface area (Å²) in [6.45, 7) is 3.60. The van der Waals surface area contributed by atoms with Gasteiger partial charge < -0.3 is 20.1 Å². The van der Waals surface area contributed by atoms with Crippen LogP contribution in [0.1, 0.15) is 264 Å². The van der Waals surface area contributed by atoms with Crippen molar-refractivity contribution in [2.24, 2.45) is 0 Å². The molecule has 0 aliphatic heterocycles. The molecule has 2 atom stereocenters. The molecule has 0 heterocycles. The Morgan fingerprint density at radius 3 is 1.25 bits per heavy atom. The van der Waals surface area contributed by atoms with Crippen molar-refractivity contribution < 1.29 is 37.9 Å². The van der Waals surface area contributed by atoms with Gasteiger partial charge in [-0.25, -0.2) is 4.57 Å². The molecular formula is C50H98NO8P. The van der Waals surface area contributed by atoms with Gasteiger partial charge in [-0.15, -0.1) is 0 Å². The van der Waals surface area contributed by atoms with Crippen LogP contribution in [-0.2, 0) is 27.9 Å². The summed E-state index contributed by atoms with van der Waals surface area (Å²) in [5.74, 6) is -0.512. The van der Waals surface area contributed by atoms with Crippen molar-refractivity contribution in [3.63, 3.8) is 0 Å². The Morgan fingerprint density at radius 1 is 0.500 bits per heavy atom. The average Bonchev–Trinajstić information content (AvgIpc) is 3.23. The molecule has 356 valence electrons. The third kappa shape index (κ3) is 47.8. The highest BCUT2D eigenvalue weighted by atomic mass is 31.2. The number of hydrogen-bond acceptors (Lipinski definition) is 7. The molecule has 0 aromatic rings. The molecule has 0 aliphatic carbocycles. The van der Waals surface area contributed by atoms with Gasteiger partial charge in [-0.05, 0) is 38.5 Å². The van der Waals surface area contributed by atoms with E-state index >= 15 is 0 Å². The zero-order valence-electron chi connectivity index (χ0n) is 39.4. The Hall–Kier alpha value is -1.25. The molecular weight excluding hydrogens is 774 g/mol. The van der Waals surface area contributed by atoms with E-state index in [1.54, 1.807) is 0 Å². The maximum atomic E-state index is 12.1. The highest BCUT2D eigenvalue weighted by Gasteiger charge is 2.23. The van der Waals surface area contributed by atoms with E-state index in [-0.39, 0.29) is 32.1 Å². The van der Waals surface area contributed by atoms with Gasteiger partial charge in [-0.1, -0.05) is 225 Å². The molecule has 60 heavy (non-hydrogen) atoms. The summed E-state index contributed by atoms with van der Waals surface area (Å²) in [5, 5.41) is 12.7. The van der Waals surface area contributed by atoms with Gasteiger partial charge in [0.1, 0.15) is 12.7 Å². The van der Waals surface area contributed by atoms with E-state index in [2.05, 4.69) is 31.3 Å². The second-order valence-corrected chi connectivity index (χ2v) is 19.0. The Balaban J connectivity index is 3.51. The number of nitrogens with one attached hydrogen (secondary N) is 1. The molecule has 0 fully saturated rings. The van der Waals surface area contributed by atoms with E-state index < -0.39 is 26.5 Å². The summed E-state index contributed by atoms with van der Waals surface area (Å²) >= 11 is 0. The lowest BCUT2D eigenvalue weighted by molar-refractivity contribution is -0.147. The first-order chi connectivity index (χ1) is 29.3. The van der Waals surface area contributed by atoms with E-state index in [1.165, 1.54) is 193 Å². The number of allylic oxidation sites excluding steroid dienone is 2. The molecule has 10 heteroatoms. The van der Waals surface area contributed by atoms with E-state index in [1.807, 2.05) is 0 Å². The lowest BCUT2D eigenvalue weighted by Gasteiger charge is -2.15. The second-order valence-electron chi connectivity index (χ2n) is 17.5. The van der Waals surface area contributed by atoms with Gasteiger partial charge in [-0.2, -0.15) is 0 Å². The fourth-order valence-corrected chi connectivity index (χ4v) is 8.31. The molecule has 0 aromatic heterocycles. The van der Waals surface area contributed by atoms with Crippen LogP contribution in [0.2, 0.25) is 0 Å². The Morgan fingerprint density at radius 2 is 0.850 bits per heavy atom. The van der Waals surface area contributed by atoms with Gasteiger partial charge >= 0.3 is 13.8 Å². The summed E-state index contributed by atoms with van der Waals surface area (Å²) in [5.41, 5.74) is 0. The molecule has 0 saturated heterocycles. The molecule has 9 nitrogen and oxygen atoms in total. The minimum atomic E-state index is -4.42. The predicted octanol–water partition coefficient (Wildman–Crippen LogP) is 15.0. The zero-order chi connectivity index (χ0) is 43.9. The first-order valence-electron chi connectivity index (χ1n) is 25.7. The van der Waals surface area contributed by atoms with Crippen molar-refractivity contribution in [2.45, 2.75) is 270 Å². The topological polar surface area (TPSA) is 131 Å². The van der Waals surface area contributed by atoms with Gasteiger partial charge in [0.25, 0.3) is 0 Å². The Labute approximate surface area is 370 Å². The minimum Gasteiger partial charge on any atom is -0.463 e. The van der Waals surface area contributed by atoms with Crippen LogP contribution in [0.4, 0.5) is 0 Å². The molecule has 3 N–H and O–H groups in total. The largest absolute Gasteiger partial charge is 0.472 e. The van der Waals surface area contributed by atoms with E-state index in [0.717, 1.165) is 44.9 Å². The van der Waals surface area contributed by atoms with Gasteiger partial charge in [0, 0.05) is 19.4 Å². The van der Waals surface area contributed by atoms with Gasteiger partial charge in [0.2, 0.25) is 5.91 Å². The number of aliphatic hydroxyl groups excluding tert-OH is 1. The monoisotopic (exact) mass is 872 g/mol. The maximum absolute atomic E-state index is 12.1. The number of aliphatic hydroxyl groups is 1. The first-order valence-corrected chi connectivity index (χ1v) is 27.2. The van der Waals surface area contributed by atoms with Crippen LogP contribution in [0.5, 0.6) is 0 Å². The quantitative estimate of drug-likeness (QED) is 0.0238. The summed E-state index contributed by atoms with van der Waals surface area (Å²) < 4.78 is 27.0. The number of amides is 1. The van der Waals surface area contributed by atoms with Crippen LogP contribution in [-0.4, -0.2) is 54.3 Å². The standard InChI is InChI=1S/C50H98NO8P/c1-3-5-7-9-11-13-15-17-19-21-22-23-24-25-26-27-29-31-33-35-37-39-41-43-50(54)57-46-48(52)47-59-60(55,56)58-45-44-51-49(53)42-40-38-36-34-32-30-28-20-18-16-14-12-10-8-6-4-2/h20,28,48,52H,3-19,21-27,29-47H2,1-2H3,(H,51,53)(H,55,56)/b28-20-. The summed E-state index contributed by atoms with van der Waals surface area (Å²) in [7, 11) is -4.42. The maximum Gasteiger partial charge on any atom is 0.472 e. The number of unbranched alkanes of at least 4 members (excludes halogenated alkanes) is 34. The number of rotatable bonds is 49. The van der Waals surface area contributed by atoms with Crippen LogP contribution in [0.15, 0.2) is 12.2 Å². The van der Waals surface area contributed by atoms with E-state index in [9.17, 15) is 24.2 Å². The minimum absolute atomic E-state index is 0.0810. The third-order valence-corrected chi connectivity index (χ3v) is 12.4. The van der Waals surface area contributed by atoms with Gasteiger partial charge in [0.15, 0.2) is 0 Å². The highest BCUT2D eigenvalue weighted by molar-refractivity contribution is 7.47. The molecule has 0 spiro atoms. The molecule has 2 unspecified atom stereocenters. The van der Waals surface area contributed by atoms with E-state index in [4.69, 9.17) is 13.8 Å². The number of carbonyl (C=O) groups is 2. The van der Waals surface area contributed by atoms with Crippen LogP contribution in [0, 0.1) is 0 Å². The fraction of sp³-hybridized carbons (Fsp3) is 0.920. The Bertz CT molecular complexity index is 995. The molecule has 1 amide bonds. The van der Waals surface area contributed by atoms with Crippen LogP contribution in [0.25, 0.3) is 0 Å². The van der Waals surface area contributed by atoms with Gasteiger partial charge in [-0.3, -0.25) is 18.6 Å². The van der Waals surface area contributed by atoms with Crippen molar-refractivity contribution in [3.05, 3.63) is 12.2 Å². The number of phosphoric ester groups is 1. The summed E-state index contributed by atoms with van der Waals surface area (Å²) in [6, 6.07) is 0. The van der Waals surface area contributed by atoms with Crippen LogP contribution in [0.3, 0.4) is 0 Å². The van der Waals surface area contributed by atoms with Crippen molar-refractivity contribution in [1.29, 1.82) is 0 Å². The third-order valence-electron chi connectivity index (χ3n) is 11.4. The second kappa shape index (κ2) is 47.2. The smallest absolute Gasteiger partial charge is 0.463 e. The molecule has 0 saturated carbocycles. The molecule has 0 rings (SSSR count). The molecule has 0 aliphatic rings. The predicted molar refractivity (Wildman–Crippen MR) is 252 cm³/mol. The number of ether oxygens (including phenoxy) is 1. The summed E-state index contributed by atoms with van der Waals surface area (Å²) in [4.78, 5) is 34.0. The van der Waals surface area contributed by atoms with Crippen molar-refractivity contribution in [3.8, 4) is 0 Å². The van der Waals surface area contributed by atoms with Crippen LogP contribution >= 0.6 is 7.82 Å². The number of hydrogen-bond donors (Lipinski definition) is 3. The summed E-state index contributed by atoms with van der Waals surface area (Å²) in [6.07, 6.45) is 51.6. The Kier molecular flexibility index (Phi) is 46.3. The lowest BCUT2D eigenvalue weighted by Crippen LogP contribution is -2.27. The van der Waals surface area contributed by atoms with Gasteiger partial charge in [0.05, 0.1) is 13.2 Å². The fourth-order valence-electron chi connectivity index (χ4n) is 7.55. The molecule has 0 radical (unpaired) electrons. The SMILES string of the molecule is CCCCCCCCC/C=C\CCCCCCCC(=O)NCCOP(=O)(O)OCC(O)COC(=O)CCCCCCCCCCCCCCCCCCCCCCCCC. The number of esters is 1. The highest BCUT2D eigenvalue weighted by Crippen LogP contribution is 2.42.